The summed E-state index contributed by atoms with van der Waals surface area (Å²) in [5.74, 6) is 1.58. The first-order valence-electron chi connectivity index (χ1n) is 11.6. The molecule has 1 N–H and O–H groups in total. The first-order chi connectivity index (χ1) is 16.7. The Kier molecular flexibility index (Phi) is 6.25. The molecule has 3 aromatic carbocycles. The summed E-state index contributed by atoms with van der Waals surface area (Å²) in [6.07, 6.45) is 1.50. The van der Waals surface area contributed by atoms with Crippen LogP contribution in [0, 0.1) is 0 Å². The number of hydrogen-bond acceptors (Lipinski definition) is 6. The second kappa shape index (κ2) is 9.79. The fraction of sp³-hybridized carbons (Fsp3) is 0.222. The number of para-hydroxylation sites is 1. The smallest absolute Gasteiger partial charge is 0.261 e. The van der Waals surface area contributed by atoms with E-state index in [1.54, 1.807) is 0 Å². The van der Waals surface area contributed by atoms with E-state index in [1.165, 1.54) is 12.0 Å². The number of nitrogens with one attached hydrogen (secondary N) is 1. The van der Waals surface area contributed by atoms with Crippen molar-refractivity contribution in [1.82, 2.24) is 9.97 Å². The Morgan fingerprint density at radius 1 is 0.912 bits per heavy atom. The van der Waals surface area contributed by atoms with Gasteiger partial charge in [0.25, 0.3) is 5.91 Å². The minimum Gasteiger partial charge on any atom is -0.493 e. The zero-order valence-electron chi connectivity index (χ0n) is 19.1. The molecule has 7 nitrogen and oxygen atoms in total. The normalized spacial score (nSPS) is 13.7. The summed E-state index contributed by atoms with van der Waals surface area (Å²) in [5.41, 5.74) is 1.74. The van der Waals surface area contributed by atoms with E-state index in [-0.39, 0.29) is 5.91 Å². The Bertz CT molecular complexity index is 1290. The van der Waals surface area contributed by atoms with Crippen LogP contribution in [0.1, 0.15) is 17.3 Å². The Morgan fingerprint density at radius 2 is 1.65 bits per heavy atom. The fourth-order valence-electron chi connectivity index (χ4n) is 4.36. The maximum atomic E-state index is 13.3. The van der Waals surface area contributed by atoms with Crippen molar-refractivity contribution < 1.29 is 9.53 Å². The molecule has 0 radical (unpaired) electrons. The number of piperazine rings is 1. The Balaban J connectivity index is 1.33. The van der Waals surface area contributed by atoms with Crippen LogP contribution in [0.3, 0.4) is 0 Å². The van der Waals surface area contributed by atoms with Crippen LogP contribution in [0.25, 0.3) is 10.8 Å². The highest BCUT2D eigenvalue weighted by atomic mass is 16.5. The van der Waals surface area contributed by atoms with Crippen molar-refractivity contribution in [2.24, 2.45) is 0 Å². The highest BCUT2D eigenvalue weighted by Crippen LogP contribution is 2.29. The number of nitrogens with zero attached hydrogens (tertiary/aromatic N) is 4. The van der Waals surface area contributed by atoms with Crippen LogP contribution in [-0.4, -0.2) is 48.7 Å². The number of aromatic nitrogens is 2. The molecule has 0 spiro atoms. The van der Waals surface area contributed by atoms with Crippen molar-refractivity contribution >= 4 is 34.0 Å². The highest BCUT2D eigenvalue weighted by Gasteiger charge is 2.20. The number of rotatable bonds is 6. The predicted molar refractivity (Wildman–Crippen MR) is 136 cm³/mol. The van der Waals surface area contributed by atoms with Crippen LogP contribution in [0.15, 0.2) is 79.1 Å². The molecule has 34 heavy (non-hydrogen) atoms. The standard InChI is InChI=1S/C27H27N5O2/c1-2-34-23-13-12-20-8-6-7-11-22(20)26(23)27(33)30-24-18-25(29-19-28-24)32-16-14-31(15-17-32)21-9-4-3-5-10-21/h3-13,18-19H,2,14-17H2,1H3,(H,28,29,30,33). The van der Waals surface area contributed by atoms with Gasteiger partial charge in [-0.3, -0.25) is 4.79 Å². The van der Waals surface area contributed by atoms with Crippen LogP contribution >= 0.6 is 0 Å². The topological polar surface area (TPSA) is 70.6 Å². The van der Waals surface area contributed by atoms with Gasteiger partial charge in [-0.05, 0) is 35.9 Å². The van der Waals surface area contributed by atoms with Gasteiger partial charge in [0.1, 0.15) is 23.7 Å². The molecule has 1 amide bonds. The second-order valence-electron chi connectivity index (χ2n) is 8.12. The van der Waals surface area contributed by atoms with E-state index in [9.17, 15) is 4.79 Å². The molecule has 0 saturated carbocycles. The SMILES string of the molecule is CCOc1ccc2ccccc2c1C(=O)Nc1cc(N2CCN(c3ccccc3)CC2)ncn1. The van der Waals surface area contributed by atoms with E-state index in [4.69, 9.17) is 4.74 Å². The van der Waals surface area contributed by atoms with Crippen molar-refractivity contribution in [1.29, 1.82) is 0 Å². The summed E-state index contributed by atoms with van der Waals surface area (Å²) in [7, 11) is 0. The number of amides is 1. The molecule has 1 aliphatic heterocycles. The molecular formula is C27H27N5O2. The third-order valence-corrected chi connectivity index (χ3v) is 6.04. The molecule has 1 fully saturated rings. The third-order valence-electron chi connectivity index (χ3n) is 6.04. The second-order valence-corrected chi connectivity index (χ2v) is 8.12. The number of carbonyl (C=O) groups is 1. The van der Waals surface area contributed by atoms with Gasteiger partial charge in [0.15, 0.2) is 0 Å². The maximum absolute atomic E-state index is 13.3. The molecule has 0 bridgehead atoms. The minimum absolute atomic E-state index is 0.251. The van der Waals surface area contributed by atoms with E-state index in [1.807, 2.05) is 55.5 Å². The average molecular weight is 454 g/mol. The summed E-state index contributed by atoms with van der Waals surface area (Å²) in [4.78, 5) is 26.7. The summed E-state index contributed by atoms with van der Waals surface area (Å²) in [5, 5.41) is 4.78. The van der Waals surface area contributed by atoms with Gasteiger partial charge in [0.05, 0.1) is 12.2 Å². The van der Waals surface area contributed by atoms with E-state index in [0.717, 1.165) is 42.8 Å². The van der Waals surface area contributed by atoms with Gasteiger partial charge in [-0.2, -0.15) is 0 Å². The van der Waals surface area contributed by atoms with Crippen molar-refractivity contribution in [2.75, 3.05) is 47.9 Å². The van der Waals surface area contributed by atoms with Gasteiger partial charge < -0.3 is 19.9 Å². The third kappa shape index (κ3) is 4.50. The average Bonchev–Trinajstić information content (AvgIpc) is 2.89. The highest BCUT2D eigenvalue weighted by molar-refractivity contribution is 6.14. The summed E-state index contributed by atoms with van der Waals surface area (Å²) in [6.45, 7) is 5.89. The number of fused-ring (bicyclic) bond motifs is 1. The van der Waals surface area contributed by atoms with Gasteiger partial charge in [-0.1, -0.05) is 48.5 Å². The molecule has 4 aromatic rings. The monoisotopic (exact) mass is 453 g/mol. The lowest BCUT2D eigenvalue weighted by Crippen LogP contribution is -2.46. The number of carbonyl (C=O) groups excluding carboxylic acids is 1. The Morgan fingerprint density at radius 3 is 2.44 bits per heavy atom. The Hall–Kier alpha value is -4.13. The lowest BCUT2D eigenvalue weighted by atomic mass is 10.0. The van der Waals surface area contributed by atoms with Crippen LogP contribution in [0.4, 0.5) is 17.3 Å². The van der Waals surface area contributed by atoms with Crippen LogP contribution in [0.2, 0.25) is 0 Å². The van der Waals surface area contributed by atoms with Crippen molar-refractivity contribution in [3.8, 4) is 5.75 Å². The Labute approximate surface area is 199 Å². The fourth-order valence-corrected chi connectivity index (χ4v) is 4.36. The van der Waals surface area contributed by atoms with Crippen molar-refractivity contribution in [3.63, 3.8) is 0 Å². The molecule has 1 aromatic heterocycles. The largest absolute Gasteiger partial charge is 0.493 e. The molecule has 0 aliphatic carbocycles. The van der Waals surface area contributed by atoms with E-state index in [2.05, 4.69) is 49.4 Å². The predicted octanol–water partition coefficient (Wildman–Crippen LogP) is 4.61. The molecule has 5 rings (SSSR count). The summed E-state index contributed by atoms with van der Waals surface area (Å²) < 4.78 is 5.76. The van der Waals surface area contributed by atoms with Crippen LogP contribution in [0.5, 0.6) is 5.75 Å². The lowest BCUT2D eigenvalue weighted by molar-refractivity contribution is 0.102. The lowest BCUT2D eigenvalue weighted by Gasteiger charge is -2.36. The van der Waals surface area contributed by atoms with Gasteiger partial charge >= 0.3 is 0 Å². The van der Waals surface area contributed by atoms with Gasteiger partial charge in [0.2, 0.25) is 0 Å². The molecule has 172 valence electrons. The quantitative estimate of drug-likeness (QED) is 0.460. The molecule has 1 saturated heterocycles. The van der Waals surface area contributed by atoms with Gasteiger partial charge in [0, 0.05) is 37.9 Å². The zero-order chi connectivity index (χ0) is 23.3. The minimum atomic E-state index is -0.251. The maximum Gasteiger partial charge on any atom is 0.261 e. The molecule has 1 aliphatic rings. The van der Waals surface area contributed by atoms with Crippen LogP contribution in [-0.2, 0) is 0 Å². The van der Waals surface area contributed by atoms with Crippen LogP contribution < -0.4 is 19.9 Å². The summed E-state index contributed by atoms with van der Waals surface area (Å²) in [6, 6.07) is 23.9. The van der Waals surface area contributed by atoms with Gasteiger partial charge in [-0.25, -0.2) is 9.97 Å². The number of hydrogen-bond donors (Lipinski definition) is 1. The molecule has 2 heterocycles. The number of anilines is 3. The van der Waals surface area contributed by atoms with E-state index >= 15 is 0 Å². The first kappa shape index (κ1) is 21.7. The molecule has 7 heteroatoms. The zero-order valence-corrected chi connectivity index (χ0v) is 19.1. The number of benzene rings is 3. The van der Waals surface area contributed by atoms with Crippen molar-refractivity contribution in [3.05, 3.63) is 84.7 Å². The van der Waals surface area contributed by atoms with E-state index in [0.29, 0.717) is 23.7 Å². The van der Waals surface area contributed by atoms with Crippen molar-refractivity contribution in [2.45, 2.75) is 6.92 Å². The summed E-state index contributed by atoms with van der Waals surface area (Å²) >= 11 is 0. The van der Waals surface area contributed by atoms with E-state index < -0.39 is 0 Å². The van der Waals surface area contributed by atoms with Gasteiger partial charge in [-0.15, -0.1) is 0 Å². The molecular weight excluding hydrogens is 426 g/mol. The number of ether oxygens (including phenoxy) is 1. The molecule has 0 atom stereocenters. The molecule has 0 unspecified atom stereocenters. The first-order valence-corrected chi connectivity index (χ1v) is 11.6.